The molecule has 1 amide bonds. The number of aryl methyl sites for hydroxylation is 1. The lowest BCUT2D eigenvalue weighted by Crippen LogP contribution is -2.48. The van der Waals surface area contributed by atoms with Crippen molar-refractivity contribution in [3.8, 4) is 0 Å². The number of carbonyl (C=O) groups excluding carboxylic acids is 1. The van der Waals surface area contributed by atoms with E-state index in [4.69, 9.17) is 0 Å². The third kappa shape index (κ3) is 5.91. The van der Waals surface area contributed by atoms with E-state index in [1.807, 2.05) is 25.4 Å². The van der Waals surface area contributed by atoms with Crippen LogP contribution in [0.25, 0.3) is 0 Å². The second kappa shape index (κ2) is 10.2. The number of hydrogen-bond donors (Lipinski definition) is 2. The van der Waals surface area contributed by atoms with Gasteiger partial charge in [-0.3, -0.25) is 19.4 Å². The van der Waals surface area contributed by atoms with Gasteiger partial charge in [-0.1, -0.05) is 26.8 Å². The number of nitrogens with zero attached hydrogens (tertiary/aromatic N) is 4. The Morgan fingerprint density at radius 3 is 2.71 bits per heavy atom. The number of nitrogens with one attached hydrogen (secondary N) is 2. The predicted molar refractivity (Wildman–Crippen MR) is 116 cm³/mol. The van der Waals surface area contributed by atoms with Crippen LogP contribution in [-0.4, -0.2) is 51.8 Å². The number of halogens is 2. The second-order valence-corrected chi connectivity index (χ2v) is 7.81. The Morgan fingerprint density at radius 2 is 2.11 bits per heavy atom. The lowest BCUT2D eigenvalue weighted by molar-refractivity contribution is -0.118. The van der Waals surface area contributed by atoms with E-state index in [1.165, 1.54) is 0 Å². The molecule has 1 aliphatic rings. The summed E-state index contributed by atoms with van der Waals surface area (Å²) in [6.07, 6.45) is 3.64. The van der Waals surface area contributed by atoms with Crippen molar-refractivity contribution in [1.29, 1.82) is 0 Å². The van der Waals surface area contributed by atoms with Gasteiger partial charge < -0.3 is 10.6 Å². The summed E-state index contributed by atoms with van der Waals surface area (Å²) >= 11 is 0. The summed E-state index contributed by atoms with van der Waals surface area (Å²) in [5, 5.41) is 10.9. The molecule has 156 valence electrons. The highest BCUT2D eigenvalue weighted by Gasteiger charge is 2.26. The normalized spacial score (nSPS) is 17.4. The van der Waals surface area contributed by atoms with E-state index in [9.17, 15) is 4.79 Å². The highest BCUT2D eigenvalue weighted by molar-refractivity contribution is 5.91. The minimum Gasteiger partial charge on any atom is -0.314 e. The maximum absolute atomic E-state index is 12.6. The van der Waals surface area contributed by atoms with Gasteiger partial charge in [-0.15, -0.1) is 24.8 Å². The average Bonchev–Trinajstić information content (AvgIpc) is 2.97. The zero-order chi connectivity index (χ0) is 18.7. The molecule has 2 aromatic rings. The zero-order valence-electron chi connectivity index (χ0n) is 16.8. The van der Waals surface area contributed by atoms with E-state index < -0.39 is 0 Å². The molecule has 0 saturated carbocycles. The van der Waals surface area contributed by atoms with Crippen LogP contribution < -0.4 is 10.6 Å². The van der Waals surface area contributed by atoms with Crippen LogP contribution in [0.15, 0.2) is 30.6 Å². The lowest BCUT2D eigenvalue weighted by atomic mass is 9.92. The van der Waals surface area contributed by atoms with Crippen LogP contribution in [0.5, 0.6) is 0 Å². The van der Waals surface area contributed by atoms with Crippen molar-refractivity contribution in [1.82, 2.24) is 25.0 Å². The summed E-state index contributed by atoms with van der Waals surface area (Å²) in [5.41, 5.74) is 2.04. The number of piperazine rings is 1. The van der Waals surface area contributed by atoms with E-state index in [-0.39, 0.29) is 42.2 Å². The monoisotopic (exact) mass is 428 g/mol. The zero-order valence-corrected chi connectivity index (χ0v) is 18.4. The van der Waals surface area contributed by atoms with E-state index >= 15 is 0 Å². The molecule has 1 saturated heterocycles. The standard InChI is InChI=1S/C19H28N6O.2ClH/c1-19(2,3)16-10-17(24(4)23-16)22-18(26)13-25-9-8-21-12-15(25)14-6-5-7-20-11-14;;/h5-7,10-11,15,21H,8-9,12-13H2,1-4H3,(H,22,26);2*1H. The topological polar surface area (TPSA) is 75.1 Å². The number of aromatic nitrogens is 3. The van der Waals surface area contributed by atoms with E-state index in [1.54, 1.807) is 10.9 Å². The Labute approximate surface area is 179 Å². The van der Waals surface area contributed by atoms with Gasteiger partial charge in [0.05, 0.1) is 12.2 Å². The fraction of sp³-hybridized carbons (Fsp3) is 0.526. The molecule has 28 heavy (non-hydrogen) atoms. The smallest absolute Gasteiger partial charge is 0.239 e. The number of anilines is 1. The van der Waals surface area contributed by atoms with Crippen LogP contribution in [0.4, 0.5) is 5.82 Å². The fourth-order valence-electron chi connectivity index (χ4n) is 3.15. The minimum atomic E-state index is -0.0509. The summed E-state index contributed by atoms with van der Waals surface area (Å²) in [5.74, 6) is 0.706. The first-order valence-corrected chi connectivity index (χ1v) is 9.03. The molecule has 3 rings (SSSR count). The maximum atomic E-state index is 12.6. The molecule has 7 nitrogen and oxygen atoms in total. The van der Waals surface area contributed by atoms with Gasteiger partial charge >= 0.3 is 0 Å². The molecule has 1 atom stereocenters. The molecule has 3 heterocycles. The molecule has 1 fully saturated rings. The quantitative estimate of drug-likeness (QED) is 0.782. The molecule has 0 radical (unpaired) electrons. The Kier molecular flexibility index (Phi) is 8.88. The van der Waals surface area contributed by atoms with Gasteiger partial charge in [-0.05, 0) is 11.6 Å². The Morgan fingerprint density at radius 1 is 1.36 bits per heavy atom. The molecule has 9 heteroatoms. The van der Waals surface area contributed by atoms with Gasteiger partial charge in [0.2, 0.25) is 5.91 Å². The fourth-order valence-corrected chi connectivity index (χ4v) is 3.15. The number of pyridine rings is 1. The second-order valence-electron chi connectivity index (χ2n) is 7.81. The molecule has 2 N–H and O–H groups in total. The number of rotatable bonds is 4. The Hall–Kier alpha value is -1.67. The van der Waals surface area contributed by atoms with Crippen molar-refractivity contribution in [2.45, 2.75) is 32.2 Å². The number of carbonyl (C=O) groups is 1. The molecular formula is C19H30Cl2N6O. The minimum absolute atomic E-state index is 0. The molecule has 1 aliphatic heterocycles. The molecule has 0 aliphatic carbocycles. The highest BCUT2D eigenvalue weighted by atomic mass is 35.5. The number of hydrogen-bond acceptors (Lipinski definition) is 5. The molecule has 2 aromatic heterocycles. The van der Waals surface area contributed by atoms with Crippen molar-refractivity contribution in [2.24, 2.45) is 7.05 Å². The van der Waals surface area contributed by atoms with Gasteiger partial charge in [-0.25, -0.2) is 0 Å². The van der Waals surface area contributed by atoms with Crippen molar-refractivity contribution in [3.63, 3.8) is 0 Å². The van der Waals surface area contributed by atoms with E-state index in [0.29, 0.717) is 6.54 Å². The SMILES string of the molecule is Cl.Cl.Cn1nc(C(C)(C)C)cc1NC(=O)CN1CCNCC1c1cccnc1. The van der Waals surface area contributed by atoms with Crippen LogP contribution in [0.3, 0.4) is 0 Å². The molecule has 1 unspecified atom stereocenters. The summed E-state index contributed by atoms with van der Waals surface area (Å²) in [6, 6.07) is 6.10. The van der Waals surface area contributed by atoms with Gasteiger partial charge in [0.15, 0.2) is 0 Å². The summed E-state index contributed by atoms with van der Waals surface area (Å²) in [7, 11) is 1.86. The predicted octanol–water partition coefficient (Wildman–Crippen LogP) is 2.54. The van der Waals surface area contributed by atoms with Gasteiger partial charge in [0, 0.05) is 56.6 Å². The van der Waals surface area contributed by atoms with Crippen LogP contribution in [0.1, 0.15) is 38.1 Å². The maximum Gasteiger partial charge on any atom is 0.239 e. The first-order valence-electron chi connectivity index (χ1n) is 9.03. The summed E-state index contributed by atoms with van der Waals surface area (Å²) in [4.78, 5) is 19.0. The van der Waals surface area contributed by atoms with Crippen molar-refractivity contribution >= 4 is 36.5 Å². The molecule has 0 spiro atoms. The van der Waals surface area contributed by atoms with Gasteiger partial charge in [-0.2, -0.15) is 5.10 Å². The average molecular weight is 429 g/mol. The van der Waals surface area contributed by atoms with Gasteiger partial charge in [0.1, 0.15) is 5.82 Å². The van der Waals surface area contributed by atoms with Crippen molar-refractivity contribution in [2.75, 3.05) is 31.5 Å². The van der Waals surface area contributed by atoms with Crippen LogP contribution in [0, 0.1) is 0 Å². The highest BCUT2D eigenvalue weighted by Crippen LogP contribution is 2.24. The molecular weight excluding hydrogens is 399 g/mol. The summed E-state index contributed by atoms with van der Waals surface area (Å²) in [6.45, 7) is 9.20. The molecule has 0 bridgehead atoms. The Bertz CT molecular complexity index is 760. The molecule has 0 aromatic carbocycles. The van der Waals surface area contributed by atoms with Gasteiger partial charge in [0.25, 0.3) is 0 Å². The van der Waals surface area contributed by atoms with Crippen molar-refractivity contribution < 1.29 is 4.79 Å². The van der Waals surface area contributed by atoms with Crippen molar-refractivity contribution in [3.05, 3.63) is 41.9 Å². The Balaban J connectivity index is 0.00000196. The van der Waals surface area contributed by atoms with Crippen LogP contribution >= 0.6 is 24.8 Å². The van der Waals surface area contributed by atoms with Crippen LogP contribution in [-0.2, 0) is 17.3 Å². The summed E-state index contributed by atoms with van der Waals surface area (Å²) < 4.78 is 1.73. The first kappa shape index (κ1) is 24.4. The number of amides is 1. The lowest BCUT2D eigenvalue weighted by Gasteiger charge is -2.35. The van der Waals surface area contributed by atoms with E-state index in [0.717, 1.165) is 36.7 Å². The van der Waals surface area contributed by atoms with E-state index in [2.05, 4.69) is 52.5 Å². The first-order chi connectivity index (χ1) is 12.3. The third-order valence-electron chi connectivity index (χ3n) is 4.69. The van der Waals surface area contributed by atoms with Crippen LogP contribution in [0.2, 0.25) is 0 Å². The largest absolute Gasteiger partial charge is 0.314 e. The third-order valence-corrected chi connectivity index (χ3v) is 4.69.